The second kappa shape index (κ2) is 8.00. The molecule has 1 aromatic heterocycles. The van der Waals surface area contributed by atoms with E-state index in [0.717, 1.165) is 5.69 Å². The number of nitro benzene ring substituents is 1. The lowest BCUT2D eigenvalue weighted by molar-refractivity contribution is -0.384. The number of hydrogen-bond donors (Lipinski definition) is 0. The number of non-ortho nitro benzene ring substituents is 1. The Labute approximate surface area is 170 Å². The van der Waals surface area contributed by atoms with Gasteiger partial charge in [-0.25, -0.2) is 9.48 Å². The highest BCUT2D eigenvalue weighted by Crippen LogP contribution is 2.26. The zero-order valence-electron chi connectivity index (χ0n) is 15.0. The van der Waals surface area contributed by atoms with Gasteiger partial charge in [0, 0.05) is 12.1 Å². The molecule has 3 aromatic rings. The molecule has 28 heavy (non-hydrogen) atoms. The molecule has 9 heteroatoms. The highest BCUT2D eigenvalue weighted by atomic mass is 35.5. The molecule has 7 nitrogen and oxygen atoms in total. The van der Waals surface area contributed by atoms with Crippen molar-refractivity contribution >= 4 is 34.9 Å². The predicted octanol–water partition coefficient (Wildman–Crippen LogP) is 5.06. The van der Waals surface area contributed by atoms with Gasteiger partial charge in [-0.15, -0.1) is 0 Å². The van der Waals surface area contributed by atoms with Crippen molar-refractivity contribution in [3.63, 3.8) is 0 Å². The van der Waals surface area contributed by atoms with E-state index < -0.39 is 10.9 Å². The van der Waals surface area contributed by atoms with Gasteiger partial charge >= 0.3 is 5.97 Å². The summed E-state index contributed by atoms with van der Waals surface area (Å²) in [7, 11) is 0. The van der Waals surface area contributed by atoms with Gasteiger partial charge in [0.25, 0.3) is 5.69 Å². The van der Waals surface area contributed by atoms with Crippen molar-refractivity contribution < 1.29 is 14.5 Å². The molecule has 0 saturated carbocycles. The number of aromatic nitrogens is 2. The predicted molar refractivity (Wildman–Crippen MR) is 105 cm³/mol. The lowest BCUT2D eigenvalue weighted by atomic mass is 10.2. The van der Waals surface area contributed by atoms with E-state index in [0.29, 0.717) is 22.0 Å². The molecular weight excluding hydrogens is 405 g/mol. The van der Waals surface area contributed by atoms with E-state index in [2.05, 4.69) is 5.10 Å². The lowest BCUT2D eigenvalue weighted by Gasteiger charge is -2.10. The van der Waals surface area contributed by atoms with Crippen LogP contribution in [-0.2, 0) is 11.3 Å². The minimum absolute atomic E-state index is 0.0330. The number of carbonyl (C=O) groups is 1. The Bertz CT molecular complexity index is 1060. The number of nitrogens with zero attached hydrogens (tertiary/aromatic N) is 3. The lowest BCUT2D eigenvalue weighted by Crippen LogP contribution is -2.08. The number of rotatable bonds is 5. The quantitative estimate of drug-likeness (QED) is 0.327. The van der Waals surface area contributed by atoms with Crippen LogP contribution in [0.4, 0.5) is 5.69 Å². The molecule has 1 heterocycles. The monoisotopic (exact) mass is 419 g/mol. The SMILES string of the molecule is Cc1nn(-c2ccc(Cl)c(C(=O)OCc3ccc([N+](=O)[O-])cc3)c2)c(C)c1Cl. The van der Waals surface area contributed by atoms with Crippen LogP contribution in [0.3, 0.4) is 0 Å². The van der Waals surface area contributed by atoms with Crippen LogP contribution in [0.5, 0.6) is 0 Å². The van der Waals surface area contributed by atoms with Gasteiger partial charge in [0.2, 0.25) is 0 Å². The summed E-state index contributed by atoms with van der Waals surface area (Å²) in [6.45, 7) is 3.58. The highest BCUT2D eigenvalue weighted by Gasteiger charge is 2.17. The van der Waals surface area contributed by atoms with Gasteiger partial charge < -0.3 is 4.74 Å². The number of benzene rings is 2. The van der Waals surface area contributed by atoms with Gasteiger partial charge in [-0.1, -0.05) is 23.2 Å². The van der Waals surface area contributed by atoms with Crippen molar-refractivity contribution in [2.45, 2.75) is 20.5 Å². The fourth-order valence-electron chi connectivity index (χ4n) is 2.62. The van der Waals surface area contributed by atoms with Gasteiger partial charge in [0.1, 0.15) is 6.61 Å². The molecule has 3 rings (SSSR count). The first-order chi connectivity index (χ1) is 13.3. The molecule has 0 atom stereocenters. The maximum atomic E-state index is 12.5. The first kappa shape index (κ1) is 19.9. The van der Waals surface area contributed by atoms with Gasteiger partial charge in [0.05, 0.1) is 37.6 Å². The Kier molecular flexibility index (Phi) is 5.67. The molecule has 2 aromatic carbocycles. The zero-order chi connectivity index (χ0) is 20.4. The molecule has 0 aliphatic heterocycles. The van der Waals surface area contributed by atoms with E-state index in [-0.39, 0.29) is 22.9 Å². The highest BCUT2D eigenvalue weighted by molar-refractivity contribution is 6.33. The molecule has 0 N–H and O–H groups in total. The van der Waals surface area contributed by atoms with Crippen LogP contribution in [-0.4, -0.2) is 20.7 Å². The van der Waals surface area contributed by atoms with E-state index in [1.54, 1.807) is 29.8 Å². The van der Waals surface area contributed by atoms with Crippen molar-refractivity contribution in [2.75, 3.05) is 0 Å². The number of hydrogen-bond acceptors (Lipinski definition) is 5. The van der Waals surface area contributed by atoms with E-state index in [1.807, 2.05) is 6.92 Å². The van der Waals surface area contributed by atoms with E-state index in [9.17, 15) is 14.9 Å². The molecule has 0 spiro atoms. The summed E-state index contributed by atoms with van der Waals surface area (Å²) in [5.74, 6) is -0.613. The van der Waals surface area contributed by atoms with E-state index in [1.165, 1.54) is 24.3 Å². The topological polar surface area (TPSA) is 87.3 Å². The molecule has 0 bridgehead atoms. The minimum atomic E-state index is -0.613. The van der Waals surface area contributed by atoms with Gasteiger partial charge in [0.15, 0.2) is 0 Å². The van der Waals surface area contributed by atoms with Crippen molar-refractivity contribution in [1.82, 2.24) is 9.78 Å². The second-order valence-corrected chi connectivity index (χ2v) is 6.85. The third kappa shape index (κ3) is 4.00. The van der Waals surface area contributed by atoms with Crippen molar-refractivity contribution in [3.8, 4) is 5.69 Å². The Hall–Kier alpha value is -2.90. The minimum Gasteiger partial charge on any atom is -0.457 e. The fourth-order valence-corrected chi connectivity index (χ4v) is 2.93. The summed E-state index contributed by atoms with van der Waals surface area (Å²) in [5.41, 5.74) is 2.82. The third-order valence-electron chi connectivity index (χ3n) is 4.13. The number of esters is 1. The number of halogens is 2. The normalized spacial score (nSPS) is 10.7. The number of aryl methyl sites for hydroxylation is 1. The van der Waals surface area contributed by atoms with E-state index in [4.69, 9.17) is 27.9 Å². The maximum Gasteiger partial charge on any atom is 0.340 e. The number of ether oxygens (including phenoxy) is 1. The summed E-state index contributed by atoms with van der Waals surface area (Å²) in [6.07, 6.45) is 0. The fraction of sp³-hybridized carbons (Fsp3) is 0.158. The Morgan fingerprint density at radius 2 is 1.86 bits per heavy atom. The van der Waals surface area contributed by atoms with E-state index >= 15 is 0 Å². The van der Waals surface area contributed by atoms with Gasteiger partial charge in [-0.3, -0.25) is 10.1 Å². The number of carbonyl (C=O) groups excluding carboxylic acids is 1. The van der Waals surface area contributed by atoms with Crippen LogP contribution in [0.2, 0.25) is 10.0 Å². The molecule has 0 aliphatic carbocycles. The second-order valence-electron chi connectivity index (χ2n) is 6.06. The summed E-state index contributed by atoms with van der Waals surface area (Å²) in [6, 6.07) is 10.7. The zero-order valence-corrected chi connectivity index (χ0v) is 16.5. The smallest absolute Gasteiger partial charge is 0.340 e. The standard InChI is InChI=1S/C19H15Cl2N3O4/c1-11-18(21)12(2)23(22-11)15-7-8-17(20)16(9-15)19(25)28-10-13-3-5-14(6-4-13)24(26)27/h3-9H,10H2,1-2H3. The van der Waals surface area contributed by atoms with Crippen LogP contribution in [0, 0.1) is 24.0 Å². The molecule has 0 saturated heterocycles. The average Bonchev–Trinajstić information content (AvgIpc) is 2.94. The summed E-state index contributed by atoms with van der Waals surface area (Å²) in [4.78, 5) is 22.7. The maximum absolute atomic E-state index is 12.5. The molecular formula is C19H15Cl2N3O4. The largest absolute Gasteiger partial charge is 0.457 e. The van der Waals surface area contributed by atoms with Crippen LogP contribution in [0.1, 0.15) is 27.3 Å². The van der Waals surface area contributed by atoms with Gasteiger partial charge in [-0.05, 0) is 49.7 Å². The molecule has 0 aliphatic rings. The molecule has 0 amide bonds. The molecule has 144 valence electrons. The average molecular weight is 420 g/mol. The summed E-state index contributed by atoms with van der Waals surface area (Å²) < 4.78 is 6.92. The summed E-state index contributed by atoms with van der Waals surface area (Å²) in [5, 5.41) is 15.8. The van der Waals surface area contributed by atoms with Crippen molar-refractivity contribution in [2.24, 2.45) is 0 Å². The van der Waals surface area contributed by atoms with Crippen LogP contribution >= 0.6 is 23.2 Å². The molecule has 0 fully saturated rings. The Balaban J connectivity index is 1.79. The van der Waals surface area contributed by atoms with Crippen LogP contribution in [0.15, 0.2) is 42.5 Å². The third-order valence-corrected chi connectivity index (χ3v) is 5.01. The Morgan fingerprint density at radius 3 is 2.43 bits per heavy atom. The van der Waals surface area contributed by atoms with Gasteiger partial charge in [-0.2, -0.15) is 5.10 Å². The summed E-state index contributed by atoms with van der Waals surface area (Å²) >= 11 is 12.3. The molecule has 0 radical (unpaired) electrons. The van der Waals surface area contributed by atoms with Crippen LogP contribution in [0.25, 0.3) is 5.69 Å². The van der Waals surface area contributed by atoms with Crippen molar-refractivity contribution in [1.29, 1.82) is 0 Å². The first-order valence-corrected chi connectivity index (χ1v) is 8.95. The molecule has 0 unspecified atom stereocenters. The van der Waals surface area contributed by atoms with Crippen LogP contribution < -0.4 is 0 Å². The van der Waals surface area contributed by atoms with Crippen molar-refractivity contribution in [3.05, 3.63) is 85.1 Å². The number of nitro groups is 1. The first-order valence-electron chi connectivity index (χ1n) is 8.20. The Morgan fingerprint density at radius 1 is 1.18 bits per heavy atom.